The third-order valence-electron chi connectivity index (χ3n) is 2.39. The zero-order chi connectivity index (χ0) is 13.4. The Balaban J connectivity index is 2.33. The molecule has 0 amide bonds. The lowest BCUT2D eigenvalue weighted by molar-refractivity contribution is 0.0544. The van der Waals surface area contributed by atoms with E-state index >= 15 is 0 Å². The molecule has 1 atom stereocenters. The summed E-state index contributed by atoms with van der Waals surface area (Å²) >= 11 is 3.48. The van der Waals surface area contributed by atoms with Gasteiger partial charge in [-0.05, 0) is 24.6 Å². The van der Waals surface area contributed by atoms with E-state index in [9.17, 15) is 0 Å². The van der Waals surface area contributed by atoms with Crippen molar-refractivity contribution in [2.75, 3.05) is 33.5 Å². The highest BCUT2D eigenvalue weighted by Gasteiger charge is 2.06. The van der Waals surface area contributed by atoms with Crippen molar-refractivity contribution in [3.05, 3.63) is 28.2 Å². The monoisotopic (exact) mass is 317 g/mol. The highest BCUT2D eigenvalue weighted by Crippen LogP contribution is 2.26. The fourth-order valence-electron chi connectivity index (χ4n) is 1.43. The van der Waals surface area contributed by atoms with Crippen LogP contribution < -0.4 is 10.5 Å². The minimum atomic E-state index is 0.00537. The van der Waals surface area contributed by atoms with Crippen molar-refractivity contribution in [1.82, 2.24) is 0 Å². The quantitative estimate of drug-likeness (QED) is 0.748. The van der Waals surface area contributed by atoms with Gasteiger partial charge in [0.25, 0.3) is 0 Å². The molecule has 0 saturated carbocycles. The van der Waals surface area contributed by atoms with Crippen LogP contribution in [0.25, 0.3) is 0 Å². The van der Waals surface area contributed by atoms with Crippen LogP contribution >= 0.6 is 15.9 Å². The molecular formula is C13H20BrNO3. The Labute approximate surface area is 117 Å². The highest BCUT2D eigenvalue weighted by molar-refractivity contribution is 9.10. The Morgan fingerprint density at radius 3 is 2.56 bits per heavy atom. The number of benzene rings is 1. The molecule has 0 spiro atoms. The van der Waals surface area contributed by atoms with Gasteiger partial charge in [-0.1, -0.05) is 22.0 Å². The summed E-state index contributed by atoms with van der Waals surface area (Å²) in [5.41, 5.74) is 6.90. The van der Waals surface area contributed by atoms with Crippen LogP contribution in [0, 0.1) is 0 Å². The summed E-state index contributed by atoms with van der Waals surface area (Å²) in [6.07, 6.45) is 0. The molecule has 1 aromatic rings. The summed E-state index contributed by atoms with van der Waals surface area (Å²) in [6.45, 7) is 4.22. The maximum atomic E-state index is 5.83. The number of halogens is 1. The molecule has 0 radical (unpaired) electrons. The largest absolute Gasteiger partial charge is 0.491 e. The standard InChI is InChI=1S/C13H20BrNO3/c1-10(15)12-4-3-11(9-13(12)14)18-8-7-17-6-5-16-2/h3-4,9-10H,5-8,15H2,1-2H3. The first kappa shape index (κ1) is 15.4. The van der Waals surface area contributed by atoms with Crippen LogP contribution in [0.2, 0.25) is 0 Å². The van der Waals surface area contributed by atoms with Gasteiger partial charge in [-0.25, -0.2) is 0 Å². The molecule has 0 fully saturated rings. The summed E-state index contributed by atoms with van der Waals surface area (Å²) in [7, 11) is 1.65. The Morgan fingerprint density at radius 1 is 1.22 bits per heavy atom. The van der Waals surface area contributed by atoms with E-state index in [1.54, 1.807) is 7.11 Å². The second-order valence-electron chi connectivity index (χ2n) is 3.93. The molecule has 0 heterocycles. The van der Waals surface area contributed by atoms with E-state index in [0.29, 0.717) is 26.4 Å². The first-order valence-corrected chi connectivity index (χ1v) is 6.69. The molecule has 0 aliphatic carbocycles. The summed E-state index contributed by atoms with van der Waals surface area (Å²) in [4.78, 5) is 0. The van der Waals surface area contributed by atoms with Crippen molar-refractivity contribution in [1.29, 1.82) is 0 Å². The predicted molar refractivity (Wildman–Crippen MR) is 74.9 cm³/mol. The van der Waals surface area contributed by atoms with Gasteiger partial charge in [0.1, 0.15) is 12.4 Å². The van der Waals surface area contributed by atoms with Crippen molar-refractivity contribution in [3.8, 4) is 5.75 Å². The molecule has 1 rings (SSSR count). The Morgan fingerprint density at radius 2 is 1.94 bits per heavy atom. The minimum absolute atomic E-state index is 0.00537. The van der Waals surface area contributed by atoms with E-state index < -0.39 is 0 Å². The van der Waals surface area contributed by atoms with Crippen molar-refractivity contribution in [2.45, 2.75) is 13.0 Å². The van der Waals surface area contributed by atoms with Crippen molar-refractivity contribution < 1.29 is 14.2 Å². The van der Waals surface area contributed by atoms with Gasteiger partial charge in [-0.2, -0.15) is 0 Å². The van der Waals surface area contributed by atoms with Gasteiger partial charge in [0.2, 0.25) is 0 Å². The normalized spacial score (nSPS) is 12.4. The van der Waals surface area contributed by atoms with Crippen molar-refractivity contribution in [3.63, 3.8) is 0 Å². The average Bonchev–Trinajstić information content (AvgIpc) is 2.33. The SMILES string of the molecule is COCCOCCOc1ccc(C(C)N)c(Br)c1. The Kier molecular flexibility index (Phi) is 7.27. The molecular weight excluding hydrogens is 298 g/mol. The molecule has 2 N–H and O–H groups in total. The lowest BCUT2D eigenvalue weighted by Gasteiger charge is -2.11. The maximum absolute atomic E-state index is 5.83. The third kappa shape index (κ3) is 5.35. The van der Waals surface area contributed by atoms with Crippen LogP contribution in [0.4, 0.5) is 0 Å². The zero-order valence-electron chi connectivity index (χ0n) is 10.8. The molecule has 5 heteroatoms. The maximum Gasteiger partial charge on any atom is 0.120 e. The fourth-order valence-corrected chi connectivity index (χ4v) is 2.15. The number of nitrogens with two attached hydrogens (primary N) is 1. The van der Waals surface area contributed by atoms with E-state index in [1.807, 2.05) is 25.1 Å². The topological polar surface area (TPSA) is 53.7 Å². The lowest BCUT2D eigenvalue weighted by atomic mass is 10.1. The van der Waals surface area contributed by atoms with Crippen LogP contribution in [-0.2, 0) is 9.47 Å². The smallest absolute Gasteiger partial charge is 0.120 e. The predicted octanol–water partition coefficient (Wildman–Crippen LogP) is 2.51. The van der Waals surface area contributed by atoms with E-state index in [1.165, 1.54) is 0 Å². The van der Waals surface area contributed by atoms with E-state index in [2.05, 4.69) is 15.9 Å². The van der Waals surface area contributed by atoms with Gasteiger partial charge in [-0.15, -0.1) is 0 Å². The van der Waals surface area contributed by atoms with Crippen molar-refractivity contribution in [2.24, 2.45) is 5.73 Å². The minimum Gasteiger partial charge on any atom is -0.491 e. The molecule has 0 saturated heterocycles. The van der Waals surface area contributed by atoms with Crippen LogP contribution in [-0.4, -0.2) is 33.5 Å². The summed E-state index contributed by atoms with van der Waals surface area (Å²) < 4.78 is 16.7. The molecule has 1 aromatic carbocycles. The first-order chi connectivity index (χ1) is 8.65. The van der Waals surface area contributed by atoms with Crippen LogP contribution in [0.15, 0.2) is 22.7 Å². The zero-order valence-corrected chi connectivity index (χ0v) is 12.4. The third-order valence-corrected chi connectivity index (χ3v) is 3.08. The summed E-state index contributed by atoms with van der Waals surface area (Å²) in [5, 5.41) is 0. The van der Waals surface area contributed by atoms with Gasteiger partial charge >= 0.3 is 0 Å². The van der Waals surface area contributed by atoms with Gasteiger partial charge in [0, 0.05) is 17.6 Å². The Hall–Kier alpha value is -0.620. The molecule has 0 aliphatic rings. The summed E-state index contributed by atoms with van der Waals surface area (Å²) in [6, 6.07) is 5.81. The number of ether oxygens (including phenoxy) is 3. The van der Waals surface area contributed by atoms with E-state index in [0.717, 1.165) is 15.8 Å². The first-order valence-electron chi connectivity index (χ1n) is 5.89. The molecule has 1 unspecified atom stereocenters. The van der Waals surface area contributed by atoms with Gasteiger partial charge in [0.05, 0.1) is 19.8 Å². The number of hydrogen-bond acceptors (Lipinski definition) is 4. The number of methoxy groups -OCH3 is 1. The van der Waals surface area contributed by atoms with Crippen molar-refractivity contribution >= 4 is 15.9 Å². The van der Waals surface area contributed by atoms with Crippen LogP contribution in [0.1, 0.15) is 18.5 Å². The molecule has 0 bridgehead atoms. The molecule has 0 aliphatic heterocycles. The van der Waals surface area contributed by atoms with Gasteiger partial charge < -0.3 is 19.9 Å². The average molecular weight is 318 g/mol. The molecule has 102 valence electrons. The highest BCUT2D eigenvalue weighted by atomic mass is 79.9. The second kappa shape index (κ2) is 8.48. The Bertz CT molecular complexity index is 358. The summed E-state index contributed by atoms with van der Waals surface area (Å²) in [5.74, 6) is 0.807. The van der Waals surface area contributed by atoms with Crippen LogP contribution in [0.3, 0.4) is 0 Å². The van der Waals surface area contributed by atoms with E-state index in [-0.39, 0.29) is 6.04 Å². The van der Waals surface area contributed by atoms with Crippen LogP contribution in [0.5, 0.6) is 5.75 Å². The van der Waals surface area contributed by atoms with Gasteiger partial charge in [-0.3, -0.25) is 0 Å². The molecule has 18 heavy (non-hydrogen) atoms. The number of rotatable bonds is 8. The number of hydrogen-bond donors (Lipinski definition) is 1. The second-order valence-corrected chi connectivity index (χ2v) is 4.78. The van der Waals surface area contributed by atoms with E-state index in [4.69, 9.17) is 19.9 Å². The lowest BCUT2D eigenvalue weighted by Crippen LogP contribution is -2.10. The molecule has 0 aromatic heterocycles. The fraction of sp³-hybridized carbons (Fsp3) is 0.538. The van der Waals surface area contributed by atoms with Gasteiger partial charge in [0.15, 0.2) is 0 Å². The molecule has 4 nitrogen and oxygen atoms in total.